The van der Waals surface area contributed by atoms with Crippen LogP contribution in [0.4, 0.5) is 17.6 Å². The lowest BCUT2D eigenvalue weighted by molar-refractivity contribution is -0.0329. The molecule has 7 heteroatoms. The van der Waals surface area contributed by atoms with E-state index in [4.69, 9.17) is 0 Å². The van der Waals surface area contributed by atoms with Crippen molar-refractivity contribution in [3.05, 3.63) is 26.9 Å². The Morgan fingerprint density at radius 3 is 2.21 bits per heavy atom. The lowest BCUT2D eigenvalue weighted by Gasteiger charge is -2.09. The van der Waals surface area contributed by atoms with Gasteiger partial charge < -0.3 is 0 Å². The molecule has 0 atom stereocenters. The molecule has 0 bridgehead atoms. The summed E-state index contributed by atoms with van der Waals surface area (Å²) in [6, 6.07) is 2.31. The van der Waals surface area contributed by atoms with E-state index in [0.29, 0.717) is 4.47 Å². The molecule has 0 radical (unpaired) electrons. The maximum absolute atomic E-state index is 13.0. The van der Waals surface area contributed by atoms with Gasteiger partial charge in [-0.15, -0.1) is 0 Å². The van der Waals surface area contributed by atoms with Crippen LogP contribution in [0.2, 0.25) is 0 Å². The second kappa shape index (κ2) is 4.40. The first kappa shape index (κ1) is 12.3. The molecule has 0 heterocycles. The third-order valence-electron chi connectivity index (χ3n) is 1.22. The molecule has 0 fully saturated rings. The van der Waals surface area contributed by atoms with Gasteiger partial charge in [-0.3, -0.25) is 0 Å². The summed E-state index contributed by atoms with van der Waals surface area (Å²) in [7, 11) is 0. The molecule has 0 spiro atoms. The minimum atomic E-state index is -4.50. The van der Waals surface area contributed by atoms with E-state index >= 15 is 0 Å². The van der Waals surface area contributed by atoms with Crippen LogP contribution in [0, 0.1) is 5.82 Å². The van der Waals surface area contributed by atoms with Crippen LogP contribution in [0.5, 0.6) is 0 Å². The molecule has 0 N–H and O–H groups in total. The summed E-state index contributed by atoms with van der Waals surface area (Å²) in [5, 5.41) is 0. The fourth-order valence-corrected chi connectivity index (χ4v) is 2.34. The lowest BCUT2D eigenvalue weighted by Crippen LogP contribution is -2.01. The summed E-state index contributed by atoms with van der Waals surface area (Å²) in [5.74, 6) is -0.901. The van der Waals surface area contributed by atoms with Gasteiger partial charge in [0.05, 0.1) is 4.90 Å². The van der Waals surface area contributed by atoms with E-state index in [1.54, 1.807) is 0 Å². The summed E-state index contributed by atoms with van der Waals surface area (Å²) in [5.41, 5.74) is -4.50. The largest absolute Gasteiger partial charge is 0.446 e. The lowest BCUT2D eigenvalue weighted by atomic mass is 10.3. The fraction of sp³-hybridized carbons (Fsp3) is 0.143. The average molecular weight is 354 g/mol. The van der Waals surface area contributed by atoms with E-state index in [9.17, 15) is 17.6 Å². The number of rotatable bonds is 1. The summed E-state index contributed by atoms with van der Waals surface area (Å²) < 4.78 is 49.4. The van der Waals surface area contributed by atoms with Crippen LogP contribution in [0.1, 0.15) is 0 Å². The number of thioether (sulfide) groups is 1. The van der Waals surface area contributed by atoms with Crippen molar-refractivity contribution in [1.82, 2.24) is 0 Å². The molecule has 0 aromatic heterocycles. The van der Waals surface area contributed by atoms with Gasteiger partial charge in [-0.25, -0.2) is 4.39 Å². The smallest absolute Gasteiger partial charge is 0.206 e. The Morgan fingerprint density at radius 2 is 1.71 bits per heavy atom. The Bertz CT molecular complexity index is 350. The molecular weight excluding hydrogens is 352 g/mol. The highest BCUT2D eigenvalue weighted by Gasteiger charge is 2.32. The Balaban J connectivity index is 3.13. The Hall–Kier alpha value is 0.250. The molecule has 14 heavy (non-hydrogen) atoms. The number of benzene rings is 1. The standard InChI is InChI=1S/C7H2Br2F4S/c8-3-1-2-4(10)6(5(3)9)14-7(11,12)13/h1-2H. The minimum Gasteiger partial charge on any atom is -0.206 e. The van der Waals surface area contributed by atoms with Gasteiger partial charge in [-0.1, -0.05) is 0 Å². The predicted molar refractivity (Wildman–Crippen MR) is 53.7 cm³/mol. The van der Waals surface area contributed by atoms with Crippen LogP contribution in [0.25, 0.3) is 0 Å². The van der Waals surface area contributed by atoms with E-state index in [1.807, 2.05) is 0 Å². The number of hydrogen-bond donors (Lipinski definition) is 0. The summed E-state index contributed by atoms with van der Waals surface area (Å²) in [6.45, 7) is 0. The second-order valence-corrected chi connectivity index (χ2v) is 4.94. The molecule has 0 aliphatic heterocycles. The zero-order chi connectivity index (χ0) is 10.9. The SMILES string of the molecule is Fc1ccc(Br)c(Br)c1SC(F)(F)F. The van der Waals surface area contributed by atoms with Gasteiger partial charge in [0.2, 0.25) is 0 Å². The Labute approximate surface area is 98.3 Å². The molecule has 0 nitrogen and oxygen atoms in total. The zero-order valence-corrected chi connectivity index (χ0v) is 10.3. The van der Waals surface area contributed by atoms with E-state index in [1.165, 1.54) is 6.07 Å². The van der Waals surface area contributed by atoms with Gasteiger partial charge in [0, 0.05) is 8.95 Å². The molecule has 0 amide bonds. The number of hydrogen-bond acceptors (Lipinski definition) is 1. The van der Waals surface area contributed by atoms with Crippen LogP contribution in [0.3, 0.4) is 0 Å². The van der Waals surface area contributed by atoms with E-state index in [2.05, 4.69) is 31.9 Å². The molecule has 78 valence electrons. The first-order valence-corrected chi connectivity index (χ1v) is 5.61. The van der Waals surface area contributed by atoms with Crippen molar-refractivity contribution in [3.63, 3.8) is 0 Å². The summed E-state index contributed by atoms with van der Waals surface area (Å²) >= 11 is 5.39. The third-order valence-corrected chi connectivity index (χ3v) is 4.33. The number of alkyl halides is 3. The predicted octanol–water partition coefficient (Wildman–Crippen LogP) is 4.96. The van der Waals surface area contributed by atoms with Gasteiger partial charge in [0.1, 0.15) is 5.82 Å². The monoisotopic (exact) mass is 352 g/mol. The van der Waals surface area contributed by atoms with Crippen LogP contribution < -0.4 is 0 Å². The Morgan fingerprint density at radius 1 is 1.14 bits per heavy atom. The van der Waals surface area contributed by atoms with E-state index in [0.717, 1.165) is 6.07 Å². The van der Waals surface area contributed by atoms with Gasteiger partial charge >= 0.3 is 5.51 Å². The van der Waals surface area contributed by atoms with Crippen LogP contribution in [0.15, 0.2) is 26.0 Å². The molecule has 1 rings (SSSR count). The maximum Gasteiger partial charge on any atom is 0.446 e. The van der Waals surface area contributed by atoms with Crippen molar-refractivity contribution in [2.75, 3.05) is 0 Å². The van der Waals surface area contributed by atoms with Gasteiger partial charge in [-0.2, -0.15) is 13.2 Å². The van der Waals surface area contributed by atoms with E-state index in [-0.39, 0.29) is 4.47 Å². The third kappa shape index (κ3) is 3.13. The average Bonchev–Trinajstić information content (AvgIpc) is 2.04. The van der Waals surface area contributed by atoms with E-state index < -0.39 is 28.0 Å². The molecule has 1 aromatic rings. The Kier molecular flexibility index (Phi) is 3.87. The molecular formula is C7H2Br2F4S. The van der Waals surface area contributed by atoms with Crippen molar-refractivity contribution in [1.29, 1.82) is 0 Å². The normalized spacial score (nSPS) is 11.9. The number of halogens is 6. The highest BCUT2D eigenvalue weighted by atomic mass is 79.9. The molecule has 0 aliphatic rings. The minimum absolute atomic E-state index is 0.0693. The van der Waals surface area contributed by atoms with Crippen molar-refractivity contribution in [2.45, 2.75) is 10.4 Å². The van der Waals surface area contributed by atoms with Crippen molar-refractivity contribution >= 4 is 43.6 Å². The van der Waals surface area contributed by atoms with Crippen molar-refractivity contribution < 1.29 is 17.6 Å². The van der Waals surface area contributed by atoms with Gasteiger partial charge in [0.25, 0.3) is 0 Å². The van der Waals surface area contributed by atoms with Crippen LogP contribution in [-0.4, -0.2) is 5.51 Å². The highest BCUT2D eigenvalue weighted by molar-refractivity contribution is 9.13. The molecule has 0 unspecified atom stereocenters. The first-order chi connectivity index (χ1) is 6.31. The topological polar surface area (TPSA) is 0 Å². The quantitative estimate of drug-likeness (QED) is 0.390. The molecule has 0 aliphatic carbocycles. The maximum atomic E-state index is 13.0. The summed E-state index contributed by atoms with van der Waals surface area (Å²) in [6.07, 6.45) is 0. The molecule has 0 saturated heterocycles. The van der Waals surface area contributed by atoms with Crippen LogP contribution >= 0.6 is 43.6 Å². The molecule has 0 saturated carbocycles. The first-order valence-electron chi connectivity index (χ1n) is 3.20. The molecule has 1 aromatic carbocycles. The van der Waals surface area contributed by atoms with Crippen molar-refractivity contribution in [3.8, 4) is 0 Å². The van der Waals surface area contributed by atoms with Gasteiger partial charge in [0.15, 0.2) is 0 Å². The van der Waals surface area contributed by atoms with Crippen molar-refractivity contribution in [2.24, 2.45) is 0 Å². The fourth-order valence-electron chi connectivity index (χ4n) is 0.718. The summed E-state index contributed by atoms with van der Waals surface area (Å²) in [4.78, 5) is -0.466. The van der Waals surface area contributed by atoms with Gasteiger partial charge in [-0.05, 0) is 55.8 Å². The zero-order valence-electron chi connectivity index (χ0n) is 6.33. The highest BCUT2D eigenvalue weighted by Crippen LogP contribution is 2.43. The van der Waals surface area contributed by atoms with Crippen LogP contribution in [-0.2, 0) is 0 Å². The second-order valence-electron chi connectivity index (χ2n) is 2.22.